The van der Waals surface area contributed by atoms with Gasteiger partial charge >= 0.3 is 30.7 Å². The molecule has 6 nitrogen and oxygen atoms in total. The van der Waals surface area contributed by atoms with Gasteiger partial charge in [0.05, 0.1) is 36.0 Å². The van der Waals surface area contributed by atoms with Crippen LogP contribution in [-0.4, -0.2) is 41.5 Å². The molecule has 1 aliphatic carbocycles. The van der Waals surface area contributed by atoms with Crippen molar-refractivity contribution in [1.29, 1.82) is 0 Å². The number of para-hydroxylation sites is 1. The molecule has 1 N–H and O–H groups in total. The fourth-order valence-electron chi connectivity index (χ4n) is 5.27. The smallest absolute Gasteiger partial charge is 0.416 e. The van der Waals surface area contributed by atoms with Crippen LogP contribution in [0.1, 0.15) is 41.1 Å². The number of ether oxygens (including phenoxy) is 1. The third-order valence-electron chi connectivity index (χ3n) is 6.96. The summed E-state index contributed by atoms with van der Waals surface area (Å²) < 4.78 is 130. The molecule has 40 heavy (non-hydrogen) atoms. The van der Waals surface area contributed by atoms with E-state index in [1.54, 1.807) is 0 Å². The second-order valence-corrected chi connectivity index (χ2v) is 9.56. The minimum Gasteiger partial charge on any atom is -0.465 e. The Balaban J connectivity index is 1.94. The maximum atomic E-state index is 14.8. The zero-order chi connectivity index (χ0) is 29.8. The predicted octanol–water partition coefficient (Wildman–Crippen LogP) is 7.49. The number of methoxy groups -OCH3 is 1. The van der Waals surface area contributed by atoms with E-state index in [-0.39, 0.29) is 30.2 Å². The molecule has 1 heterocycles. The minimum atomic E-state index is -5.24. The highest BCUT2D eigenvalue weighted by Crippen LogP contribution is 2.56. The van der Waals surface area contributed by atoms with Crippen LogP contribution in [0.5, 0.6) is 0 Å². The number of hydrogen-bond acceptors (Lipinski definition) is 3. The summed E-state index contributed by atoms with van der Waals surface area (Å²) in [5.74, 6) is -3.32. The highest BCUT2D eigenvalue weighted by atomic mass is 19.4. The van der Waals surface area contributed by atoms with Crippen LogP contribution in [-0.2, 0) is 23.6 Å². The molecule has 0 spiro atoms. The molecule has 4 rings (SSSR count). The molecular formula is C25H21F9N2O4. The van der Waals surface area contributed by atoms with Crippen LogP contribution in [0.4, 0.5) is 54.8 Å². The van der Waals surface area contributed by atoms with Gasteiger partial charge in [-0.15, -0.1) is 0 Å². The van der Waals surface area contributed by atoms with Crippen molar-refractivity contribution in [2.24, 2.45) is 11.8 Å². The van der Waals surface area contributed by atoms with Crippen molar-refractivity contribution in [2.45, 2.75) is 50.0 Å². The molecule has 2 aromatic rings. The number of nitrogens with zero attached hydrogens (tertiary/aromatic N) is 2. The largest absolute Gasteiger partial charge is 0.465 e. The zero-order valence-electron chi connectivity index (χ0n) is 20.4. The highest BCUT2D eigenvalue weighted by Gasteiger charge is 2.61. The van der Waals surface area contributed by atoms with Crippen LogP contribution in [0.3, 0.4) is 0 Å². The fourth-order valence-corrected chi connectivity index (χ4v) is 5.27. The van der Waals surface area contributed by atoms with Crippen molar-refractivity contribution in [3.05, 3.63) is 64.7 Å². The lowest BCUT2D eigenvalue weighted by molar-refractivity contribution is -0.200. The number of rotatable bonds is 4. The highest BCUT2D eigenvalue weighted by molar-refractivity contribution is 5.89. The number of carbonyl (C=O) groups is 2. The molecule has 1 aliphatic heterocycles. The molecule has 0 bridgehead atoms. The lowest BCUT2D eigenvalue weighted by Gasteiger charge is -2.49. The Hall–Kier alpha value is -3.65. The van der Waals surface area contributed by atoms with Gasteiger partial charge in [0.15, 0.2) is 0 Å². The quantitative estimate of drug-likeness (QED) is 0.378. The van der Waals surface area contributed by atoms with E-state index in [0.717, 1.165) is 13.2 Å². The molecule has 0 saturated heterocycles. The van der Waals surface area contributed by atoms with Gasteiger partial charge in [0.2, 0.25) is 0 Å². The Morgan fingerprint density at radius 2 is 1.50 bits per heavy atom. The molecule has 1 fully saturated rings. The number of anilines is 1. The summed E-state index contributed by atoms with van der Waals surface area (Å²) >= 11 is 0. The number of benzene rings is 2. The number of carboxylic acid groups (broad SMARTS) is 1. The molecule has 0 radical (unpaired) electrons. The average molecular weight is 584 g/mol. The Kier molecular flexibility index (Phi) is 7.39. The van der Waals surface area contributed by atoms with E-state index in [9.17, 15) is 54.2 Å². The maximum absolute atomic E-state index is 14.8. The van der Waals surface area contributed by atoms with Gasteiger partial charge in [0.1, 0.15) is 5.92 Å². The van der Waals surface area contributed by atoms with Crippen molar-refractivity contribution in [1.82, 2.24) is 4.90 Å². The standard InChI is InChI=1S/C25H21F9N2O4/c1-40-22(39)35(11-12-8-14(23(26,27)28)10-15(9-12)24(29,30)31)20-16-4-2-3-5-17(16)36(21(37)38)19(13-6-7-13)18(20)25(32,33)34/h2-5,8-10,13,18-20H,6-7,11H2,1H3,(H,37,38)/t18-,19+,20?/m0/s1. The summed E-state index contributed by atoms with van der Waals surface area (Å²) in [5, 5.41) is 9.88. The van der Waals surface area contributed by atoms with Gasteiger partial charge in [-0.3, -0.25) is 9.80 Å². The van der Waals surface area contributed by atoms with Crippen molar-refractivity contribution in [2.75, 3.05) is 12.0 Å². The normalized spacial score (nSPS) is 21.6. The lowest BCUT2D eigenvalue weighted by Crippen LogP contribution is -2.59. The van der Waals surface area contributed by atoms with E-state index in [0.29, 0.717) is 21.9 Å². The van der Waals surface area contributed by atoms with Crippen molar-refractivity contribution in [3.8, 4) is 0 Å². The van der Waals surface area contributed by atoms with Gasteiger partial charge in [0.25, 0.3) is 0 Å². The summed E-state index contributed by atoms with van der Waals surface area (Å²) in [6.45, 7) is -1.13. The van der Waals surface area contributed by atoms with Gasteiger partial charge in [-0.25, -0.2) is 9.59 Å². The Morgan fingerprint density at radius 1 is 0.950 bits per heavy atom. The van der Waals surface area contributed by atoms with Gasteiger partial charge in [0, 0.05) is 6.54 Å². The predicted molar refractivity (Wildman–Crippen MR) is 120 cm³/mol. The maximum Gasteiger partial charge on any atom is 0.416 e. The van der Waals surface area contributed by atoms with Crippen LogP contribution in [0.25, 0.3) is 0 Å². The number of carbonyl (C=O) groups excluding carboxylic acids is 1. The molecule has 2 amide bonds. The summed E-state index contributed by atoms with van der Waals surface area (Å²) in [7, 11) is 0.794. The molecule has 2 aromatic carbocycles. The SMILES string of the molecule is COC(=O)N(Cc1cc(C(F)(F)F)cc(C(F)(F)F)c1)C1c2ccccc2N(C(=O)O)[C@H](C2CC2)[C@@H]1C(F)(F)F. The fraction of sp³-hybridized carbons (Fsp3) is 0.440. The number of hydrogen-bond donors (Lipinski definition) is 1. The number of amides is 2. The van der Waals surface area contributed by atoms with Crippen molar-refractivity contribution >= 4 is 17.9 Å². The first-order valence-corrected chi connectivity index (χ1v) is 11.8. The second-order valence-electron chi connectivity index (χ2n) is 9.56. The Morgan fingerprint density at radius 3 is 1.95 bits per heavy atom. The van der Waals surface area contributed by atoms with Crippen molar-refractivity contribution in [3.63, 3.8) is 0 Å². The second kappa shape index (κ2) is 10.1. The summed E-state index contributed by atoms with van der Waals surface area (Å²) in [5.41, 5.74) is -4.68. The summed E-state index contributed by atoms with van der Waals surface area (Å²) in [4.78, 5) is 26.1. The van der Waals surface area contributed by atoms with Gasteiger partial charge in [-0.1, -0.05) is 18.2 Å². The molecule has 15 heteroatoms. The summed E-state index contributed by atoms with van der Waals surface area (Å²) in [6, 6.07) is 1.71. The van der Waals surface area contributed by atoms with E-state index in [2.05, 4.69) is 4.74 Å². The molecule has 218 valence electrons. The first-order valence-electron chi connectivity index (χ1n) is 11.8. The van der Waals surface area contributed by atoms with E-state index < -0.39 is 77.9 Å². The van der Waals surface area contributed by atoms with Gasteiger partial charge in [-0.2, -0.15) is 39.5 Å². The monoisotopic (exact) mass is 584 g/mol. The molecule has 0 aromatic heterocycles. The summed E-state index contributed by atoms with van der Waals surface area (Å²) in [6.07, 6.45) is -18.3. The van der Waals surface area contributed by atoms with Crippen molar-refractivity contribution < 1.29 is 58.9 Å². The Labute approximate surface area is 220 Å². The molecule has 1 unspecified atom stereocenters. The third kappa shape index (κ3) is 5.63. The van der Waals surface area contributed by atoms with Crippen LogP contribution >= 0.6 is 0 Å². The van der Waals surface area contributed by atoms with Crippen LogP contribution in [0, 0.1) is 11.8 Å². The minimum absolute atomic E-state index is 0.145. The number of fused-ring (bicyclic) bond motifs is 1. The van der Waals surface area contributed by atoms with Crippen LogP contribution in [0.15, 0.2) is 42.5 Å². The van der Waals surface area contributed by atoms with E-state index >= 15 is 0 Å². The molecule has 3 atom stereocenters. The number of alkyl halides is 9. The van der Waals surface area contributed by atoms with E-state index in [1.807, 2.05) is 0 Å². The first kappa shape index (κ1) is 29.3. The molecule has 2 aliphatic rings. The average Bonchev–Trinajstić information content (AvgIpc) is 3.69. The van der Waals surface area contributed by atoms with Gasteiger partial charge < -0.3 is 9.84 Å². The zero-order valence-corrected chi connectivity index (χ0v) is 20.4. The van der Waals surface area contributed by atoms with E-state index in [1.165, 1.54) is 18.2 Å². The topological polar surface area (TPSA) is 70.1 Å². The lowest BCUT2D eigenvalue weighted by atomic mass is 9.77. The Bertz CT molecular complexity index is 1260. The molecule has 1 saturated carbocycles. The first-order chi connectivity index (χ1) is 18.4. The van der Waals surface area contributed by atoms with E-state index in [4.69, 9.17) is 0 Å². The molecular weight excluding hydrogens is 563 g/mol. The van der Waals surface area contributed by atoms with Gasteiger partial charge in [-0.05, 0) is 54.2 Å². The van der Waals surface area contributed by atoms with Crippen LogP contribution < -0.4 is 4.90 Å². The van der Waals surface area contributed by atoms with Crippen LogP contribution in [0.2, 0.25) is 0 Å². The number of halogens is 9. The third-order valence-corrected chi connectivity index (χ3v) is 6.96.